The number of nitrogens with one attached hydrogen (secondary N) is 1. The summed E-state index contributed by atoms with van der Waals surface area (Å²) in [6, 6.07) is 0. The van der Waals surface area contributed by atoms with Gasteiger partial charge in [0.05, 0.1) is 5.71 Å². The average Bonchev–Trinajstić information content (AvgIpc) is 2.03. The third-order valence-corrected chi connectivity index (χ3v) is 1.54. The third-order valence-electron chi connectivity index (χ3n) is 1.54. The largest absolute Gasteiger partial charge is 0.393 e. The Labute approximate surface area is 67.8 Å². The molecule has 0 aromatic heterocycles. The number of piperidine rings is 1. The predicted octanol–water partition coefficient (Wildman–Crippen LogP) is 1.15. The summed E-state index contributed by atoms with van der Waals surface area (Å²) in [7, 11) is 0. The van der Waals surface area contributed by atoms with Gasteiger partial charge in [0, 0.05) is 6.54 Å². The van der Waals surface area contributed by atoms with Gasteiger partial charge in [-0.2, -0.15) is 0 Å². The van der Waals surface area contributed by atoms with Crippen molar-refractivity contribution < 1.29 is 4.84 Å². The second kappa shape index (κ2) is 4.34. The van der Waals surface area contributed by atoms with Crippen LogP contribution in [0.4, 0.5) is 0 Å². The highest BCUT2D eigenvalue weighted by atomic mass is 16.6. The van der Waals surface area contributed by atoms with Crippen LogP contribution >= 0.6 is 0 Å². The first-order valence-corrected chi connectivity index (χ1v) is 4.21. The molecule has 1 saturated heterocycles. The van der Waals surface area contributed by atoms with Crippen LogP contribution in [-0.4, -0.2) is 24.9 Å². The number of rotatable bonds is 2. The molecule has 0 saturated carbocycles. The molecule has 11 heavy (non-hydrogen) atoms. The Balaban J connectivity index is 2.26. The summed E-state index contributed by atoms with van der Waals surface area (Å²) in [6.45, 7) is 5.98. The van der Waals surface area contributed by atoms with Gasteiger partial charge in [0.15, 0.2) is 0 Å². The van der Waals surface area contributed by atoms with Crippen LogP contribution in [0.15, 0.2) is 5.16 Å². The van der Waals surface area contributed by atoms with Gasteiger partial charge in [-0.05, 0) is 33.2 Å². The molecule has 0 atom stereocenters. The quantitative estimate of drug-likeness (QED) is 0.608. The smallest absolute Gasteiger partial charge is 0.122 e. The van der Waals surface area contributed by atoms with Crippen LogP contribution in [0, 0.1) is 0 Å². The standard InChI is InChI=1S/C8H16N2O/c1-7(2)11-10-8-4-3-5-9-6-8/h7,9H,3-6H2,1-2H3/b10-8+. The second-order valence-corrected chi connectivity index (χ2v) is 3.09. The molecule has 1 rings (SSSR count). The van der Waals surface area contributed by atoms with E-state index in [9.17, 15) is 0 Å². The molecule has 1 aliphatic heterocycles. The molecule has 0 unspecified atom stereocenters. The van der Waals surface area contributed by atoms with E-state index in [-0.39, 0.29) is 6.10 Å². The maximum atomic E-state index is 5.13. The molecule has 0 radical (unpaired) electrons. The van der Waals surface area contributed by atoms with Crippen molar-refractivity contribution in [3.8, 4) is 0 Å². The Hall–Kier alpha value is -0.570. The zero-order valence-corrected chi connectivity index (χ0v) is 7.26. The Kier molecular flexibility index (Phi) is 3.36. The minimum Gasteiger partial charge on any atom is -0.393 e. The van der Waals surface area contributed by atoms with E-state index in [4.69, 9.17) is 4.84 Å². The van der Waals surface area contributed by atoms with E-state index >= 15 is 0 Å². The molecule has 0 bridgehead atoms. The van der Waals surface area contributed by atoms with Gasteiger partial charge in [-0.3, -0.25) is 0 Å². The Morgan fingerprint density at radius 3 is 2.91 bits per heavy atom. The summed E-state index contributed by atoms with van der Waals surface area (Å²) in [5.41, 5.74) is 1.14. The number of hydrogen-bond donors (Lipinski definition) is 1. The minimum atomic E-state index is 0.199. The van der Waals surface area contributed by atoms with Gasteiger partial charge in [0.1, 0.15) is 6.10 Å². The normalized spacial score (nSPS) is 22.6. The summed E-state index contributed by atoms with van der Waals surface area (Å²) in [6.07, 6.45) is 2.46. The van der Waals surface area contributed by atoms with Gasteiger partial charge in [-0.15, -0.1) is 0 Å². The van der Waals surface area contributed by atoms with Crippen LogP contribution in [0.25, 0.3) is 0 Å². The summed E-state index contributed by atoms with van der Waals surface area (Å²) < 4.78 is 0. The van der Waals surface area contributed by atoms with Crippen LogP contribution in [0.1, 0.15) is 26.7 Å². The minimum absolute atomic E-state index is 0.199. The lowest BCUT2D eigenvalue weighted by Crippen LogP contribution is -2.30. The molecule has 64 valence electrons. The van der Waals surface area contributed by atoms with Crippen LogP contribution in [-0.2, 0) is 4.84 Å². The predicted molar refractivity (Wildman–Crippen MR) is 45.8 cm³/mol. The molecule has 1 heterocycles. The van der Waals surface area contributed by atoms with Gasteiger partial charge in [-0.25, -0.2) is 0 Å². The molecule has 0 aliphatic carbocycles. The van der Waals surface area contributed by atoms with Crippen molar-refractivity contribution >= 4 is 5.71 Å². The monoisotopic (exact) mass is 156 g/mol. The molecule has 0 spiro atoms. The lowest BCUT2D eigenvalue weighted by atomic mass is 10.1. The first-order valence-electron chi connectivity index (χ1n) is 4.21. The highest BCUT2D eigenvalue weighted by Gasteiger charge is 2.06. The fourth-order valence-electron chi connectivity index (χ4n) is 0.996. The fraction of sp³-hybridized carbons (Fsp3) is 0.875. The maximum Gasteiger partial charge on any atom is 0.122 e. The van der Waals surface area contributed by atoms with E-state index in [2.05, 4.69) is 10.5 Å². The lowest BCUT2D eigenvalue weighted by Gasteiger charge is -2.14. The summed E-state index contributed by atoms with van der Waals surface area (Å²) in [4.78, 5) is 5.13. The zero-order valence-electron chi connectivity index (χ0n) is 7.26. The number of oxime groups is 1. The van der Waals surface area contributed by atoms with Crippen molar-refractivity contribution in [2.24, 2.45) is 5.16 Å². The third kappa shape index (κ3) is 3.37. The van der Waals surface area contributed by atoms with Crippen LogP contribution < -0.4 is 5.32 Å². The van der Waals surface area contributed by atoms with Crippen molar-refractivity contribution in [2.75, 3.05) is 13.1 Å². The molecular weight excluding hydrogens is 140 g/mol. The molecule has 1 aliphatic rings. The first kappa shape index (κ1) is 8.53. The van der Waals surface area contributed by atoms with Crippen molar-refractivity contribution in [2.45, 2.75) is 32.8 Å². The molecule has 0 amide bonds. The Morgan fingerprint density at radius 1 is 1.55 bits per heavy atom. The highest BCUT2D eigenvalue weighted by molar-refractivity contribution is 5.86. The van der Waals surface area contributed by atoms with Gasteiger partial charge < -0.3 is 10.2 Å². The van der Waals surface area contributed by atoms with Gasteiger partial charge >= 0.3 is 0 Å². The topological polar surface area (TPSA) is 33.6 Å². The van der Waals surface area contributed by atoms with Crippen molar-refractivity contribution in [3.05, 3.63) is 0 Å². The summed E-state index contributed by atoms with van der Waals surface area (Å²) >= 11 is 0. The lowest BCUT2D eigenvalue weighted by molar-refractivity contribution is 0.0847. The Morgan fingerprint density at radius 2 is 2.36 bits per heavy atom. The fourth-order valence-corrected chi connectivity index (χ4v) is 0.996. The van der Waals surface area contributed by atoms with Crippen molar-refractivity contribution in [1.29, 1.82) is 0 Å². The maximum absolute atomic E-state index is 5.13. The van der Waals surface area contributed by atoms with E-state index in [1.807, 2.05) is 13.8 Å². The van der Waals surface area contributed by atoms with E-state index in [0.29, 0.717) is 0 Å². The van der Waals surface area contributed by atoms with Crippen LogP contribution in [0.2, 0.25) is 0 Å². The van der Waals surface area contributed by atoms with Gasteiger partial charge in [0.2, 0.25) is 0 Å². The van der Waals surface area contributed by atoms with Crippen molar-refractivity contribution in [3.63, 3.8) is 0 Å². The van der Waals surface area contributed by atoms with Crippen LogP contribution in [0.5, 0.6) is 0 Å². The molecule has 3 nitrogen and oxygen atoms in total. The van der Waals surface area contributed by atoms with E-state index in [1.54, 1.807) is 0 Å². The highest BCUT2D eigenvalue weighted by Crippen LogP contribution is 1.99. The average molecular weight is 156 g/mol. The van der Waals surface area contributed by atoms with Crippen LogP contribution in [0.3, 0.4) is 0 Å². The SMILES string of the molecule is CC(C)O/N=C1\CCCNC1. The Bertz CT molecular complexity index is 135. The molecule has 0 aromatic carbocycles. The first-order chi connectivity index (χ1) is 5.29. The van der Waals surface area contributed by atoms with Gasteiger partial charge in [-0.1, -0.05) is 5.16 Å². The van der Waals surface area contributed by atoms with E-state index in [0.717, 1.165) is 25.2 Å². The molecule has 1 fully saturated rings. The second-order valence-electron chi connectivity index (χ2n) is 3.09. The zero-order chi connectivity index (χ0) is 8.10. The summed E-state index contributed by atoms with van der Waals surface area (Å²) in [5.74, 6) is 0. The summed E-state index contributed by atoms with van der Waals surface area (Å²) in [5, 5.41) is 7.28. The number of hydrogen-bond acceptors (Lipinski definition) is 3. The molecular formula is C8H16N2O. The van der Waals surface area contributed by atoms with E-state index in [1.165, 1.54) is 6.42 Å². The van der Waals surface area contributed by atoms with Gasteiger partial charge in [0.25, 0.3) is 0 Å². The molecule has 3 heteroatoms. The van der Waals surface area contributed by atoms with Crippen molar-refractivity contribution in [1.82, 2.24) is 5.32 Å². The van der Waals surface area contributed by atoms with E-state index < -0.39 is 0 Å². The molecule has 1 N–H and O–H groups in total. The molecule has 0 aromatic rings. The number of nitrogens with zero attached hydrogens (tertiary/aromatic N) is 1.